The lowest BCUT2D eigenvalue weighted by molar-refractivity contribution is 0.389. The van der Waals surface area contributed by atoms with Gasteiger partial charge in [-0.2, -0.15) is 0 Å². The van der Waals surface area contributed by atoms with Gasteiger partial charge in [0.05, 0.1) is 0 Å². The van der Waals surface area contributed by atoms with Crippen molar-refractivity contribution in [2.24, 2.45) is 11.8 Å². The Balaban J connectivity index is 1.32. The van der Waals surface area contributed by atoms with Gasteiger partial charge in [0.2, 0.25) is 0 Å². The van der Waals surface area contributed by atoms with Gasteiger partial charge in [-0.25, -0.2) is 0 Å². The molecule has 0 aliphatic heterocycles. The average Bonchev–Trinajstić information content (AvgIpc) is 3.07. The first-order chi connectivity index (χ1) is 9.81. The predicted octanol–water partition coefficient (Wildman–Crippen LogP) is 3.27. The van der Waals surface area contributed by atoms with Crippen LogP contribution in [0, 0.1) is 11.8 Å². The van der Waals surface area contributed by atoms with Gasteiger partial charge in [0.1, 0.15) is 0 Å². The van der Waals surface area contributed by atoms with Crippen LogP contribution >= 0.6 is 12.2 Å². The Labute approximate surface area is 127 Å². The van der Waals surface area contributed by atoms with Crippen molar-refractivity contribution in [3.05, 3.63) is 35.9 Å². The number of fused-ring (bicyclic) bond motifs is 2. The lowest BCUT2D eigenvalue weighted by Gasteiger charge is -2.24. The quantitative estimate of drug-likeness (QED) is 0.642. The topological polar surface area (TPSA) is 24.1 Å². The van der Waals surface area contributed by atoms with E-state index in [1.54, 1.807) is 0 Å². The van der Waals surface area contributed by atoms with Gasteiger partial charge in [-0.3, -0.25) is 0 Å². The van der Waals surface area contributed by atoms with Crippen molar-refractivity contribution in [2.45, 2.75) is 44.6 Å². The third-order valence-electron chi connectivity index (χ3n) is 4.83. The van der Waals surface area contributed by atoms with Gasteiger partial charge >= 0.3 is 0 Å². The first-order valence-corrected chi connectivity index (χ1v) is 8.30. The van der Waals surface area contributed by atoms with Gasteiger partial charge in [0.15, 0.2) is 5.11 Å². The fraction of sp³-hybridized carbons (Fsp3) is 0.588. The van der Waals surface area contributed by atoms with E-state index in [0.717, 1.165) is 36.3 Å². The summed E-state index contributed by atoms with van der Waals surface area (Å²) in [6.45, 7) is 0.960. The molecule has 0 unspecified atom stereocenters. The van der Waals surface area contributed by atoms with Crippen LogP contribution < -0.4 is 10.6 Å². The van der Waals surface area contributed by atoms with Crippen LogP contribution in [0.5, 0.6) is 0 Å². The van der Waals surface area contributed by atoms with E-state index in [-0.39, 0.29) is 0 Å². The first kappa shape index (κ1) is 13.9. The standard InChI is InChI=1S/C17H24N2S/c20-17(19-16-12-14-8-9-15(16)11-14)18-10-4-7-13-5-2-1-3-6-13/h1-3,5-6,14-16H,4,7-12H2,(H2,18,19,20)/t14-,15-,16+/m1/s1. The van der Waals surface area contributed by atoms with E-state index in [9.17, 15) is 0 Å². The maximum atomic E-state index is 5.41. The van der Waals surface area contributed by atoms with E-state index in [1.165, 1.54) is 31.2 Å². The largest absolute Gasteiger partial charge is 0.363 e. The molecule has 3 heteroatoms. The zero-order chi connectivity index (χ0) is 13.8. The Morgan fingerprint density at radius 2 is 2.00 bits per heavy atom. The minimum atomic E-state index is 0.642. The summed E-state index contributed by atoms with van der Waals surface area (Å²) in [5, 5.41) is 7.75. The second kappa shape index (κ2) is 6.57. The van der Waals surface area contributed by atoms with Crippen molar-refractivity contribution in [3.63, 3.8) is 0 Å². The molecule has 0 aromatic heterocycles. The molecule has 0 spiro atoms. The molecule has 2 bridgehead atoms. The number of hydrogen-bond acceptors (Lipinski definition) is 1. The number of thiocarbonyl (C=S) groups is 1. The molecule has 20 heavy (non-hydrogen) atoms. The van der Waals surface area contributed by atoms with Crippen molar-refractivity contribution >= 4 is 17.3 Å². The highest BCUT2D eigenvalue weighted by molar-refractivity contribution is 7.80. The molecule has 0 saturated heterocycles. The summed E-state index contributed by atoms with van der Waals surface area (Å²) in [5.41, 5.74) is 1.40. The van der Waals surface area contributed by atoms with Crippen LogP contribution in [0.2, 0.25) is 0 Å². The van der Waals surface area contributed by atoms with Crippen LogP contribution in [0.15, 0.2) is 30.3 Å². The maximum absolute atomic E-state index is 5.41. The van der Waals surface area contributed by atoms with Gasteiger partial charge in [-0.1, -0.05) is 36.8 Å². The van der Waals surface area contributed by atoms with Crippen LogP contribution in [0.1, 0.15) is 37.7 Å². The second-order valence-corrected chi connectivity index (χ2v) is 6.68. The van der Waals surface area contributed by atoms with E-state index in [0.29, 0.717) is 6.04 Å². The molecule has 3 atom stereocenters. The lowest BCUT2D eigenvalue weighted by Crippen LogP contribution is -2.44. The monoisotopic (exact) mass is 288 g/mol. The molecule has 1 aromatic rings. The number of hydrogen-bond donors (Lipinski definition) is 2. The summed E-state index contributed by atoms with van der Waals surface area (Å²) in [6, 6.07) is 11.3. The summed E-state index contributed by atoms with van der Waals surface area (Å²) in [5.74, 6) is 1.85. The molecule has 0 amide bonds. The van der Waals surface area contributed by atoms with E-state index in [1.807, 2.05) is 0 Å². The Morgan fingerprint density at radius 1 is 1.15 bits per heavy atom. The zero-order valence-electron chi connectivity index (χ0n) is 12.0. The minimum absolute atomic E-state index is 0.642. The van der Waals surface area contributed by atoms with Crippen LogP contribution in [-0.4, -0.2) is 17.7 Å². The molecule has 2 aliphatic rings. The fourth-order valence-electron chi connectivity index (χ4n) is 3.78. The smallest absolute Gasteiger partial charge is 0.166 e. The van der Waals surface area contributed by atoms with E-state index in [4.69, 9.17) is 12.2 Å². The number of rotatable bonds is 5. The van der Waals surface area contributed by atoms with Crippen molar-refractivity contribution in [3.8, 4) is 0 Å². The number of benzene rings is 1. The molecule has 1 aromatic carbocycles. The third kappa shape index (κ3) is 3.51. The molecule has 2 nitrogen and oxygen atoms in total. The van der Waals surface area contributed by atoms with Gasteiger partial charge in [-0.05, 0) is 61.7 Å². The summed E-state index contributed by atoms with van der Waals surface area (Å²) in [4.78, 5) is 0. The van der Waals surface area contributed by atoms with Gasteiger partial charge < -0.3 is 10.6 Å². The van der Waals surface area contributed by atoms with E-state index in [2.05, 4.69) is 41.0 Å². The molecule has 3 rings (SSSR count). The molecular formula is C17H24N2S. The summed E-state index contributed by atoms with van der Waals surface area (Å²) in [7, 11) is 0. The maximum Gasteiger partial charge on any atom is 0.166 e. The molecule has 108 valence electrons. The van der Waals surface area contributed by atoms with Gasteiger partial charge in [0, 0.05) is 12.6 Å². The van der Waals surface area contributed by atoms with Crippen molar-refractivity contribution in [1.29, 1.82) is 0 Å². The summed E-state index contributed by atoms with van der Waals surface area (Å²) >= 11 is 5.41. The zero-order valence-corrected chi connectivity index (χ0v) is 12.8. The first-order valence-electron chi connectivity index (χ1n) is 7.89. The molecule has 2 fully saturated rings. The van der Waals surface area contributed by atoms with Crippen LogP contribution in [0.25, 0.3) is 0 Å². The highest BCUT2D eigenvalue weighted by Gasteiger charge is 2.39. The molecule has 2 saturated carbocycles. The number of aryl methyl sites for hydroxylation is 1. The van der Waals surface area contributed by atoms with Crippen molar-refractivity contribution in [1.82, 2.24) is 10.6 Å². The average molecular weight is 288 g/mol. The molecular weight excluding hydrogens is 264 g/mol. The van der Waals surface area contributed by atoms with E-state index < -0.39 is 0 Å². The molecule has 2 aliphatic carbocycles. The third-order valence-corrected chi connectivity index (χ3v) is 5.09. The fourth-order valence-corrected chi connectivity index (χ4v) is 4.03. The SMILES string of the molecule is S=C(NCCCc1ccccc1)N[C@H]1C[C@@H]2CC[C@@H]1C2. The Bertz CT molecular complexity index is 446. The Kier molecular flexibility index (Phi) is 4.56. The van der Waals surface area contributed by atoms with Crippen LogP contribution in [-0.2, 0) is 6.42 Å². The Morgan fingerprint density at radius 3 is 2.70 bits per heavy atom. The van der Waals surface area contributed by atoms with Crippen LogP contribution in [0.4, 0.5) is 0 Å². The minimum Gasteiger partial charge on any atom is -0.363 e. The summed E-state index contributed by atoms with van der Waals surface area (Å²) < 4.78 is 0. The lowest BCUT2D eigenvalue weighted by atomic mass is 9.96. The normalized spacial score (nSPS) is 27.5. The van der Waals surface area contributed by atoms with Crippen molar-refractivity contribution < 1.29 is 0 Å². The van der Waals surface area contributed by atoms with Crippen LogP contribution in [0.3, 0.4) is 0 Å². The second-order valence-electron chi connectivity index (χ2n) is 6.27. The van der Waals surface area contributed by atoms with Crippen molar-refractivity contribution in [2.75, 3.05) is 6.54 Å². The van der Waals surface area contributed by atoms with E-state index >= 15 is 0 Å². The highest BCUT2D eigenvalue weighted by Crippen LogP contribution is 2.44. The molecule has 0 heterocycles. The van der Waals surface area contributed by atoms with Gasteiger partial charge in [0.25, 0.3) is 0 Å². The Hall–Kier alpha value is -1.09. The predicted molar refractivity (Wildman–Crippen MR) is 87.7 cm³/mol. The number of nitrogens with one attached hydrogen (secondary N) is 2. The molecule has 2 N–H and O–H groups in total. The highest BCUT2D eigenvalue weighted by atomic mass is 32.1. The molecule has 0 radical (unpaired) electrons. The van der Waals surface area contributed by atoms with Gasteiger partial charge in [-0.15, -0.1) is 0 Å². The summed E-state index contributed by atoms with van der Waals surface area (Å²) in [6.07, 6.45) is 7.84.